The Balaban J connectivity index is 1.74. The molecular weight excluding hydrogens is 314 g/mol. The number of aliphatic imine (C=N–C) groups is 1. The minimum absolute atomic E-state index is 0.176. The van der Waals surface area contributed by atoms with Crippen LogP contribution in [-0.2, 0) is 11.3 Å². The lowest BCUT2D eigenvalue weighted by atomic mass is 10.1. The van der Waals surface area contributed by atoms with Crippen molar-refractivity contribution in [3.05, 3.63) is 35.4 Å². The SMILES string of the molecule is CCNC(=NCc1ccc(C)cc1)NCCN1CCN(C(C)=O)CC1. The molecule has 1 amide bonds. The molecule has 1 aliphatic rings. The first kappa shape index (κ1) is 19.2. The van der Waals surface area contributed by atoms with E-state index in [4.69, 9.17) is 0 Å². The molecule has 1 aliphatic heterocycles. The molecule has 2 N–H and O–H groups in total. The van der Waals surface area contributed by atoms with Crippen LogP contribution in [-0.4, -0.2) is 67.5 Å². The quantitative estimate of drug-likeness (QED) is 0.601. The molecule has 0 atom stereocenters. The third kappa shape index (κ3) is 6.74. The van der Waals surface area contributed by atoms with Crippen LogP contribution in [0.3, 0.4) is 0 Å². The monoisotopic (exact) mass is 345 g/mol. The van der Waals surface area contributed by atoms with Gasteiger partial charge >= 0.3 is 0 Å². The first-order chi connectivity index (χ1) is 12.1. The van der Waals surface area contributed by atoms with Crippen molar-refractivity contribution in [1.29, 1.82) is 0 Å². The summed E-state index contributed by atoms with van der Waals surface area (Å²) in [5.74, 6) is 1.03. The summed E-state index contributed by atoms with van der Waals surface area (Å²) in [5, 5.41) is 6.69. The first-order valence-electron chi connectivity index (χ1n) is 9.14. The number of amides is 1. The number of benzene rings is 1. The Kier molecular flexibility index (Phi) is 7.73. The summed E-state index contributed by atoms with van der Waals surface area (Å²) in [6.07, 6.45) is 0. The van der Waals surface area contributed by atoms with Gasteiger partial charge in [-0.3, -0.25) is 9.69 Å². The standard InChI is InChI=1S/C19H31N5O/c1-4-20-19(22-15-18-7-5-16(2)6-8-18)21-9-10-23-11-13-24(14-12-23)17(3)25/h5-8H,4,9-15H2,1-3H3,(H2,20,21,22). The van der Waals surface area contributed by atoms with Gasteiger partial charge in [-0.25, -0.2) is 4.99 Å². The Morgan fingerprint density at radius 2 is 1.80 bits per heavy atom. The van der Waals surface area contributed by atoms with Crippen LogP contribution in [0.4, 0.5) is 0 Å². The van der Waals surface area contributed by atoms with E-state index in [0.29, 0.717) is 6.54 Å². The van der Waals surface area contributed by atoms with E-state index in [2.05, 4.69) is 58.6 Å². The normalized spacial score (nSPS) is 16.0. The van der Waals surface area contributed by atoms with E-state index < -0.39 is 0 Å². The predicted molar refractivity (Wildman–Crippen MR) is 103 cm³/mol. The maximum absolute atomic E-state index is 11.4. The maximum atomic E-state index is 11.4. The zero-order valence-electron chi connectivity index (χ0n) is 15.7. The van der Waals surface area contributed by atoms with Crippen molar-refractivity contribution in [2.24, 2.45) is 4.99 Å². The van der Waals surface area contributed by atoms with Crippen LogP contribution in [0.5, 0.6) is 0 Å². The molecule has 2 rings (SSSR count). The van der Waals surface area contributed by atoms with Gasteiger partial charge < -0.3 is 15.5 Å². The van der Waals surface area contributed by atoms with Crippen LogP contribution < -0.4 is 10.6 Å². The Morgan fingerprint density at radius 1 is 1.12 bits per heavy atom. The van der Waals surface area contributed by atoms with Crippen LogP contribution in [0, 0.1) is 6.92 Å². The highest BCUT2D eigenvalue weighted by molar-refractivity contribution is 5.79. The highest BCUT2D eigenvalue weighted by Gasteiger charge is 2.17. The smallest absolute Gasteiger partial charge is 0.219 e. The fraction of sp³-hybridized carbons (Fsp3) is 0.579. The van der Waals surface area contributed by atoms with Gasteiger partial charge in [0.2, 0.25) is 5.91 Å². The lowest BCUT2D eigenvalue weighted by Gasteiger charge is -2.34. The molecular formula is C19H31N5O. The maximum Gasteiger partial charge on any atom is 0.219 e. The topological polar surface area (TPSA) is 60.0 Å². The van der Waals surface area contributed by atoms with Gasteiger partial charge in [0, 0.05) is 52.7 Å². The molecule has 1 heterocycles. The lowest BCUT2D eigenvalue weighted by Crippen LogP contribution is -2.50. The molecule has 0 spiro atoms. The third-order valence-electron chi connectivity index (χ3n) is 4.42. The van der Waals surface area contributed by atoms with E-state index in [1.807, 2.05) is 4.90 Å². The minimum atomic E-state index is 0.176. The number of hydrogen-bond donors (Lipinski definition) is 2. The minimum Gasteiger partial charge on any atom is -0.357 e. The van der Waals surface area contributed by atoms with E-state index in [9.17, 15) is 4.79 Å². The van der Waals surface area contributed by atoms with Gasteiger partial charge in [0.25, 0.3) is 0 Å². The van der Waals surface area contributed by atoms with Crippen molar-refractivity contribution in [2.75, 3.05) is 45.8 Å². The molecule has 1 saturated heterocycles. The zero-order valence-corrected chi connectivity index (χ0v) is 15.7. The van der Waals surface area contributed by atoms with Crippen molar-refractivity contribution < 1.29 is 4.79 Å². The second kappa shape index (κ2) is 10.0. The van der Waals surface area contributed by atoms with Crippen LogP contribution in [0.25, 0.3) is 0 Å². The van der Waals surface area contributed by atoms with Gasteiger partial charge in [0.1, 0.15) is 0 Å². The Bertz CT molecular complexity index is 562. The molecule has 25 heavy (non-hydrogen) atoms. The Labute approximate surface area is 151 Å². The van der Waals surface area contributed by atoms with Crippen molar-refractivity contribution >= 4 is 11.9 Å². The van der Waals surface area contributed by atoms with E-state index in [1.54, 1.807) is 6.92 Å². The molecule has 0 aliphatic carbocycles. The molecule has 0 unspecified atom stereocenters. The summed E-state index contributed by atoms with van der Waals surface area (Å²) >= 11 is 0. The molecule has 6 heteroatoms. The number of carbonyl (C=O) groups is 1. The molecule has 1 fully saturated rings. The van der Waals surface area contributed by atoms with Gasteiger partial charge in [-0.2, -0.15) is 0 Å². The van der Waals surface area contributed by atoms with Crippen molar-refractivity contribution in [2.45, 2.75) is 27.3 Å². The van der Waals surface area contributed by atoms with Crippen molar-refractivity contribution in [1.82, 2.24) is 20.4 Å². The van der Waals surface area contributed by atoms with Crippen LogP contribution in [0.15, 0.2) is 29.3 Å². The Hall–Kier alpha value is -2.08. The van der Waals surface area contributed by atoms with Gasteiger partial charge in [-0.15, -0.1) is 0 Å². The number of piperazine rings is 1. The molecule has 138 valence electrons. The number of hydrogen-bond acceptors (Lipinski definition) is 3. The molecule has 0 radical (unpaired) electrons. The van der Waals surface area contributed by atoms with Gasteiger partial charge in [-0.05, 0) is 19.4 Å². The third-order valence-corrected chi connectivity index (χ3v) is 4.42. The average Bonchev–Trinajstić information content (AvgIpc) is 2.61. The second-order valence-corrected chi connectivity index (χ2v) is 6.46. The zero-order chi connectivity index (χ0) is 18.1. The molecule has 0 bridgehead atoms. The van der Waals surface area contributed by atoms with Crippen molar-refractivity contribution in [3.8, 4) is 0 Å². The number of guanidine groups is 1. The summed E-state index contributed by atoms with van der Waals surface area (Å²) in [6, 6.07) is 8.48. The number of rotatable bonds is 6. The summed E-state index contributed by atoms with van der Waals surface area (Å²) < 4.78 is 0. The van der Waals surface area contributed by atoms with Gasteiger partial charge in [0.15, 0.2) is 5.96 Å². The van der Waals surface area contributed by atoms with Crippen LogP contribution in [0.2, 0.25) is 0 Å². The fourth-order valence-corrected chi connectivity index (χ4v) is 2.82. The molecule has 0 saturated carbocycles. The lowest BCUT2D eigenvalue weighted by molar-refractivity contribution is -0.130. The predicted octanol–water partition coefficient (Wildman–Crippen LogP) is 1.21. The number of nitrogens with one attached hydrogen (secondary N) is 2. The highest BCUT2D eigenvalue weighted by atomic mass is 16.2. The molecule has 1 aromatic rings. The fourth-order valence-electron chi connectivity index (χ4n) is 2.82. The molecule has 6 nitrogen and oxygen atoms in total. The van der Waals surface area contributed by atoms with Gasteiger partial charge in [-0.1, -0.05) is 29.8 Å². The number of nitrogens with zero attached hydrogens (tertiary/aromatic N) is 3. The number of aryl methyl sites for hydroxylation is 1. The second-order valence-electron chi connectivity index (χ2n) is 6.46. The van der Waals surface area contributed by atoms with E-state index in [-0.39, 0.29) is 5.91 Å². The Morgan fingerprint density at radius 3 is 2.40 bits per heavy atom. The molecule has 1 aromatic carbocycles. The molecule has 0 aromatic heterocycles. The number of carbonyl (C=O) groups excluding carboxylic acids is 1. The van der Waals surface area contributed by atoms with Crippen LogP contribution in [0.1, 0.15) is 25.0 Å². The summed E-state index contributed by atoms with van der Waals surface area (Å²) in [7, 11) is 0. The largest absolute Gasteiger partial charge is 0.357 e. The van der Waals surface area contributed by atoms with Gasteiger partial charge in [0.05, 0.1) is 6.54 Å². The van der Waals surface area contributed by atoms with E-state index in [0.717, 1.165) is 51.8 Å². The van der Waals surface area contributed by atoms with Crippen molar-refractivity contribution in [3.63, 3.8) is 0 Å². The highest BCUT2D eigenvalue weighted by Crippen LogP contribution is 2.04. The average molecular weight is 345 g/mol. The summed E-state index contributed by atoms with van der Waals surface area (Å²) in [4.78, 5) is 20.3. The summed E-state index contributed by atoms with van der Waals surface area (Å²) in [6.45, 7) is 12.7. The first-order valence-corrected chi connectivity index (χ1v) is 9.14. The van der Waals surface area contributed by atoms with E-state index >= 15 is 0 Å². The van der Waals surface area contributed by atoms with Crippen LogP contribution >= 0.6 is 0 Å². The van der Waals surface area contributed by atoms with E-state index in [1.165, 1.54) is 11.1 Å². The summed E-state index contributed by atoms with van der Waals surface area (Å²) in [5.41, 5.74) is 2.48.